The van der Waals surface area contributed by atoms with Crippen LogP contribution in [0.5, 0.6) is 5.88 Å². The molecule has 0 atom stereocenters. The summed E-state index contributed by atoms with van der Waals surface area (Å²) in [4.78, 5) is 16.4. The van der Waals surface area contributed by atoms with Gasteiger partial charge in [-0.25, -0.2) is 15.0 Å². The molecule has 0 radical (unpaired) electrons. The van der Waals surface area contributed by atoms with E-state index in [0.29, 0.717) is 27.1 Å². The van der Waals surface area contributed by atoms with Crippen LogP contribution in [0.3, 0.4) is 0 Å². The number of fused-ring (bicyclic) bond motifs is 1. The number of anilines is 1. The fraction of sp³-hybridized carbons (Fsp3) is 0.412. The molecule has 0 spiro atoms. The molecule has 27 heavy (non-hydrogen) atoms. The summed E-state index contributed by atoms with van der Waals surface area (Å²) in [6.07, 6.45) is 5.29. The minimum Gasteiger partial charge on any atom is -0.480 e. The van der Waals surface area contributed by atoms with Gasteiger partial charge in [-0.2, -0.15) is 5.10 Å². The number of aromatic nitrogens is 5. The Morgan fingerprint density at radius 3 is 2.85 bits per heavy atom. The zero-order chi connectivity index (χ0) is 19.0. The first-order valence-electron chi connectivity index (χ1n) is 8.58. The molecule has 10 heteroatoms. The number of piperidine rings is 1. The van der Waals surface area contributed by atoms with E-state index in [4.69, 9.17) is 22.1 Å². The molecule has 3 aromatic rings. The summed E-state index contributed by atoms with van der Waals surface area (Å²) in [5.74, 6) is 1.22. The van der Waals surface area contributed by atoms with E-state index in [2.05, 4.69) is 37.0 Å². The molecule has 4 rings (SSSR count). The predicted octanol–water partition coefficient (Wildman–Crippen LogP) is 2.88. The molecule has 0 amide bonds. The lowest BCUT2D eigenvalue weighted by atomic mass is 9.91. The van der Waals surface area contributed by atoms with Gasteiger partial charge in [0.1, 0.15) is 16.4 Å². The zero-order valence-electron chi connectivity index (χ0n) is 15.1. The van der Waals surface area contributed by atoms with Crippen molar-refractivity contribution in [1.29, 1.82) is 0 Å². The van der Waals surface area contributed by atoms with Gasteiger partial charge in [0.15, 0.2) is 10.7 Å². The summed E-state index contributed by atoms with van der Waals surface area (Å²) < 4.78 is 5.16. The van der Waals surface area contributed by atoms with Crippen molar-refractivity contribution in [3.05, 3.63) is 23.5 Å². The molecule has 4 heterocycles. The molecular weight excluding hydrogens is 386 g/mol. The smallest absolute Gasteiger partial charge is 0.233 e. The lowest BCUT2D eigenvalue weighted by Gasteiger charge is -2.37. The lowest BCUT2D eigenvalue weighted by molar-refractivity contribution is 0.363. The number of H-pyrrole nitrogens is 1. The largest absolute Gasteiger partial charge is 0.480 e. The van der Waals surface area contributed by atoms with Crippen molar-refractivity contribution < 1.29 is 4.74 Å². The molecule has 8 nitrogen and oxygen atoms in total. The first kappa shape index (κ1) is 18.3. The number of nitrogens with two attached hydrogens (primary N) is 1. The number of hydrogen-bond acceptors (Lipinski definition) is 8. The molecule has 3 aromatic heterocycles. The van der Waals surface area contributed by atoms with Crippen LogP contribution in [0.2, 0.25) is 5.02 Å². The van der Waals surface area contributed by atoms with E-state index in [1.807, 2.05) is 6.07 Å². The van der Waals surface area contributed by atoms with Gasteiger partial charge >= 0.3 is 0 Å². The Morgan fingerprint density at radius 2 is 2.11 bits per heavy atom. The molecule has 0 bridgehead atoms. The SMILES string of the molecule is COc1nccc(Sc2n[nH]c3nc(N4CCC(C)(N)CC4)cnc23)c1Cl. The highest BCUT2D eigenvalue weighted by Crippen LogP contribution is 2.38. The normalized spacial score (nSPS) is 16.7. The molecule has 0 saturated carbocycles. The molecule has 142 valence electrons. The Bertz CT molecular complexity index is 967. The average molecular weight is 406 g/mol. The standard InChI is InChI=1S/C17H20ClN7OS/c1-17(19)4-7-25(8-5-17)11-9-21-13-14(22-11)23-24-16(13)27-10-3-6-20-15(26-2)12(10)18/h3,6,9H,4-5,7-8,19H2,1-2H3,(H,22,23,24). The van der Waals surface area contributed by atoms with E-state index >= 15 is 0 Å². The van der Waals surface area contributed by atoms with Gasteiger partial charge in [0.25, 0.3) is 0 Å². The second-order valence-electron chi connectivity index (χ2n) is 6.83. The van der Waals surface area contributed by atoms with Crippen LogP contribution in [0.15, 0.2) is 28.4 Å². The highest BCUT2D eigenvalue weighted by Gasteiger charge is 2.27. The molecule has 1 saturated heterocycles. The van der Waals surface area contributed by atoms with Crippen molar-refractivity contribution in [2.75, 3.05) is 25.1 Å². The van der Waals surface area contributed by atoms with Gasteiger partial charge in [0, 0.05) is 29.7 Å². The van der Waals surface area contributed by atoms with E-state index in [1.54, 1.807) is 12.4 Å². The minimum absolute atomic E-state index is 0.101. The van der Waals surface area contributed by atoms with Gasteiger partial charge in [-0.1, -0.05) is 23.4 Å². The Balaban J connectivity index is 1.58. The summed E-state index contributed by atoms with van der Waals surface area (Å²) in [5.41, 5.74) is 7.46. The highest BCUT2D eigenvalue weighted by molar-refractivity contribution is 7.99. The van der Waals surface area contributed by atoms with Crippen molar-refractivity contribution >= 4 is 40.3 Å². The summed E-state index contributed by atoms with van der Waals surface area (Å²) in [6.45, 7) is 3.83. The number of rotatable bonds is 4. The Hall–Kier alpha value is -2.10. The Morgan fingerprint density at radius 1 is 1.33 bits per heavy atom. The van der Waals surface area contributed by atoms with Gasteiger partial charge in [0.2, 0.25) is 5.88 Å². The Labute approximate surface area is 165 Å². The van der Waals surface area contributed by atoms with E-state index in [0.717, 1.165) is 36.6 Å². The summed E-state index contributed by atoms with van der Waals surface area (Å²) in [6, 6.07) is 1.81. The van der Waals surface area contributed by atoms with E-state index in [9.17, 15) is 0 Å². The van der Waals surface area contributed by atoms with Crippen molar-refractivity contribution in [2.45, 2.75) is 35.2 Å². The number of methoxy groups -OCH3 is 1. The summed E-state index contributed by atoms with van der Waals surface area (Å²) >= 11 is 7.72. The lowest BCUT2D eigenvalue weighted by Crippen LogP contribution is -2.48. The van der Waals surface area contributed by atoms with E-state index in [1.165, 1.54) is 18.9 Å². The van der Waals surface area contributed by atoms with Crippen LogP contribution < -0.4 is 15.4 Å². The molecular formula is C17H20ClN7OS. The fourth-order valence-corrected chi connectivity index (χ4v) is 4.13. The molecule has 0 aliphatic carbocycles. The second kappa shape index (κ2) is 7.14. The first-order valence-corrected chi connectivity index (χ1v) is 9.77. The zero-order valence-corrected chi connectivity index (χ0v) is 16.6. The van der Waals surface area contributed by atoms with Crippen LogP contribution in [0.4, 0.5) is 5.82 Å². The van der Waals surface area contributed by atoms with Crippen LogP contribution in [0.1, 0.15) is 19.8 Å². The number of halogens is 1. The van der Waals surface area contributed by atoms with Gasteiger partial charge in [-0.05, 0) is 25.8 Å². The number of pyridine rings is 1. The van der Waals surface area contributed by atoms with Crippen molar-refractivity contribution in [3.63, 3.8) is 0 Å². The number of ether oxygens (including phenoxy) is 1. The third kappa shape index (κ3) is 3.67. The first-order chi connectivity index (χ1) is 13.0. The number of aromatic amines is 1. The van der Waals surface area contributed by atoms with Gasteiger partial charge < -0.3 is 15.4 Å². The Kier molecular flexibility index (Phi) is 4.83. The monoisotopic (exact) mass is 405 g/mol. The van der Waals surface area contributed by atoms with Crippen molar-refractivity contribution in [1.82, 2.24) is 25.1 Å². The average Bonchev–Trinajstić information content (AvgIpc) is 3.05. The molecule has 3 N–H and O–H groups in total. The number of hydrogen-bond donors (Lipinski definition) is 2. The van der Waals surface area contributed by atoms with Crippen LogP contribution >= 0.6 is 23.4 Å². The molecule has 1 aliphatic heterocycles. The highest BCUT2D eigenvalue weighted by atomic mass is 35.5. The topological polar surface area (TPSA) is 106 Å². The third-order valence-corrected chi connectivity index (χ3v) is 6.19. The maximum atomic E-state index is 6.33. The van der Waals surface area contributed by atoms with E-state index < -0.39 is 0 Å². The maximum absolute atomic E-state index is 6.33. The molecule has 0 aromatic carbocycles. The quantitative estimate of drug-likeness (QED) is 0.682. The molecule has 1 fully saturated rings. The minimum atomic E-state index is -0.101. The second-order valence-corrected chi connectivity index (χ2v) is 8.24. The van der Waals surface area contributed by atoms with Crippen LogP contribution in [0.25, 0.3) is 11.2 Å². The van der Waals surface area contributed by atoms with E-state index in [-0.39, 0.29) is 5.54 Å². The molecule has 1 aliphatic rings. The van der Waals surface area contributed by atoms with Crippen LogP contribution in [0, 0.1) is 0 Å². The fourth-order valence-electron chi connectivity index (χ4n) is 2.97. The predicted molar refractivity (Wildman–Crippen MR) is 106 cm³/mol. The molecule has 0 unspecified atom stereocenters. The third-order valence-electron chi connectivity index (χ3n) is 4.68. The van der Waals surface area contributed by atoms with Crippen LogP contribution in [-0.2, 0) is 0 Å². The van der Waals surface area contributed by atoms with Crippen molar-refractivity contribution in [3.8, 4) is 5.88 Å². The number of nitrogens with one attached hydrogen (secondary N) is 1. The maximum Gasteiger partial charge on any atom is 0.233 e. The van der Waals surface area contributed by atoms with Gasteiger partial charge in [-0.3, -0.25) is 5.10 Å². The number of nitrogens with zero attached hydrogens (tertiary/aromatic N) is 5. The van der Waals surface area contributed by atoms with Crippen LogP contribution in [-0.4, -0.2) is 50.9 Å². The van der Waals surface area contributed by atoms with Gasteiger partial charge in [0.05, 0.1) is 13.3 Å². The van der Waals surface area contributed by atoms with Crippen molar-refractivity contribution in [2.24, 2.45) is 5.73 Å². The summed E-state index contributed by atoms with van der Waals surface area (Å²) in [5, 5.41) is 8.47. The van der Waals surface area contributed by atoms with Gasteiger partial charge in [-0.15, -0.1) is 0 Å². The summed E-state index contributed by atoms with van der Waals surface area (Å²) in [7, 11) is 1.54.